The monoisotopic (exact) mass is 354 g/mol. The first-order valence-electron chi connectivity index (χ1n) is 8.09. The van der Waals surface area contributed by atoms with Crippen molar-refractivity contribution in [3.05, 3.63) is 0 Å². The van der Waals surface area contributed by atoms with E-state index in [-0.39, 0.29) is 5.41 Å². The highest BCUT2D eigenvalue weighted by atomic mass is 33.3. The zero-order valence-electron chi connectivity index (χ0n) is 14.9. The van der Waals surface area contributed by atoms with Gasteiger partial charge in [0.1, 0.15) is 0 Å². The van der Waals surface area contributed by atoms with Crippen molar-refractivity contribution in [1.82, 2.24) is 0 Å². The molecule has 21 heavy (non-hydrogen) atoms. The molecule has 0 aliphatic rings. The summed E-state index contributed by atoms with van der Waals surface area (Å²) in [6, 6.07) is 0. The summed E-state index contributed by atoms with van der Waals surface area (Å²) in [5, 5.41) is -0.534. The van der Waals surface area contributed by atoms with Crippen molar-refractivity contribution in [2.45, 2.75) is 85.7 Å². The van der Waals surface area contributed by atoms with E-state index in [4.69, 9.17) is 0 Å². The fourth-order valence-corrected chi connectivity index (χ4v) is 9.91. The molecule has 0 rings (SSSR count). The summed E-state index contributed by atoms with van der Waals surface area (Å²) in [4.78, 5) is 10.5. The van der Waals surface area contributed by atoms with Crippen LogP contribution in [0.1, 0.15) is 80.6 Å². The second kappa shape index (κ2) is 9.25. The Labute approximate surface area is 140 Å². The molecule has 0 aliphatic carbocycles. The molecule has 0 aliphatic heterocycles. The summed E-state index contributed by atoms with van der Waals surface area (Å²) in [7, 11) is 2.83. The molecule has 2 unspecified atom stereocenters. The van der Waals surface area contributed by atoms with Crippen LogP contribution in [-0.2, 0) is 4.57 Å². The summed E-state index contributed by atoms with van der Waals surface area (Å²) in [5.74, 6) is 1.66. The number of rotatable bonds is 10. The third kappa shape index (κ3) is 8.93. The van der Waals surface area contributed by atoms with Gasteiger partial charge in [-0.15, -0.1) is 0 Å². The molecule has 0 bridgehead atoms. The van der Waals surface area contributed by atoms with Gasteiger partial charge in [-0.2, -0.15) is 0 Å². The van der Waals surface area contributed by atoms with Gasteiger partial charge in [0.15, 0.2) is 0 Å². The van der Waals surface area contributed by atoms with E-state index in [1.807, 2.05) is 13.8 Å². The van der Waals surface area contributed by atoms with Crippen LogP contribution in [0.3, 0.4) is 0 Å². The van der Waals surface area contributed by atoms with Gasteiger partial charge in [-0.3, -0.25) is 4.57 Å². The molecular formula is C16H35O2PS2. The van der Waals surface area contributed by atoms with Gasteiger partial charge in [0.05, 0.1) is 5.16 Å². The summed E-state index contributed by atoms with van der Waals surface area (Å²) in [5.41, 5.74) is 0.0696. The third-order valence-electron chi connectivity index (χ3n) is 3.73. The quantitative estimate of drug-likeness (QED) is 0.339. The Hall–Kier alpha value is 0.890. The molecule has 2 nitrogen and oxygen atoms in total. The van der Waals surface area contributed by atoms with Crippen molar-refractivity contribution < 1.29 is 9.46 Å². The molecule has 0 amide bonds. The molecule has 0 aromatic heterocycles. The Bertz CT molecular complexity index is 338. The molecule has 0 heterocycles. The van der Waals surface area contributed by atoms with Crippen LogP contribution < -0.4 is 0 Å². The molecule has 0 aromatic rings. The number of unbranched alkanes of at least 4 members (excludes halogenated alkanes) is 1. The lowest BCUT2D eigenvalue weighted by molar-refractivity contribution is 0.317. The van der Waals surface area contributed by atoms with E-state index in [1.54, 1.807) is 10.8 Å². The fourth-order valence-electron chi connectivity index (χ4n) is 2.59. The summed E-state index contributed by atoms with van der Waals surface area (Å²) in [6.07, 6.45) is 5.65. The summed E-state index contributed by atoms with van der Waals surface area (Å²) in [6.45, 7) is 11.5. The molecule has 2 atom stereocenters. The third-order valence-corrected chi connectivity index (χ3v) is 11.9. The largest absolute Gasteiger partial charge is 0.336 e. The first-order chi connectivity index (χ1) is 9.45. The molecule has 0 saturated heterocycles. The summed E-state index contributed by atoms with van der Waals surface area (Å²) < 4.78 is 12.7. The standard InChI is InChI=1S/C16H35O2PS2/c1-8-10-11-14(9-2)12-20-21-19(17,18)16(6,7)13-15(3,4)5/h14H,8-13H2,1-7H3,(H,17,18). The Kier molecular flexibility index (Phi) is 9.64. The predicted octanol–water partition coefficient (Wildman–Crippen LogP) is 6.98. The maximum absolute atomic E-state index is 12.7. The van der Waals surface area contributed by atoms with Crippen LogP contribution in [0.15, 0.2) is 0 Å². The molecule has 0 radical (unpaired) electrons. The topological polar surface area (TPSA) is 37.3 Å². The van der Waals surface area contributed by atoms with Crippen LogP contribution in [-0.4, -0.2) is 15.8 Å². The number of hydrogen-bond acceptors (Lipinski definition) is 3. The second-order valence-corrected chi connectivity index (χ2v) is 14.8. The van der Waals surface area contributed by atoms with Crippen molar-refractivity contribution in [3.8, 4) is 0 Å². The molecule has 5 heteroatoms. The van der Waals surface area contributed by atoms with Gasteiger partial charge in [-0.1, -0.05) is 64.7 Å². The minimum Gasteiger partial charge on any atom is -0.336 e. The molecule has 0 saturated carbocycles. The average Bonchev–Trinajstić information content (AvgIpc) is 2.30. The van der Waals surface area contributed by atoms with E-state index in [2.05, 4.69) is 34.6 Å². The van der Waals surface area contributed by atoms with Crippen LogP contribution >= 0.6 is 27.8 Å². The van der Waals surface area contributed by atoms with E-state index in [0.717, 1.165) is 18.6 Å². The Balaban J connectivity index is 4.44. The van der Waals surface area contributed by atoms with Crippen molar-refractivity contribution in [3.63, 3.8) is 0 Å². The highest BCUT2D eigenvalue weighted by Gasteiger charge is 2.42. The molecule has 0 aromatic carbocycles. The van der Waals surface area contributed by atoms with E-state index in [9.17, 15) is 9.46 Å². The van der Waals surface area contributed by atoms with Crippen molar-refractivity contribution in [2.24, 2.45) is 11.3 Å². The molecule has 0 spiro atoms. The lowest BCUT2D eigenvalue weighted by Crippen LogP contribution is -2.26. The Morgan fingerprint density at radius 3 is 2.14 bits per heavy atom. The maximum atomic E-state index is 12.7. The van der Waals surface area contributed by atoms with E-state index >= 15 is 0 Å². The van der Waals surface area contributed by atoms with Gasteiger partial charge in [0.2, 0.25) is 0 Å². The highest BCUT2D eigenvalue weighted by molar-refractivity contribution is 8.99. The van der Waals surface area contributed by atoms with Crippen molar-refractivity contribution >= 4 is 27.8 Å². The number of hydrogen-bond donors (Lipinski definition) is 1. The van der Waals surface area contributed by atoms with Crippen LogP contribution in [0.2, 0.25) is 0 Å². The predicted molar refractivity (Wildman–Crippen MR) is 101 cm³/mol. The smallest absolute Gasteiger partial charge is 0.270 e. The van der Waals surface area contributed by atoms with E-state index < -0.39 is 11.7 Å². The SMILES string of the molecule is CCCCC(CC)CSSP(=O)(O)C(C)(C)CC(C)(C)C. The van der Waals surface area contributed by atoms with Gasteiger partial charge < -0.3 is 4.89 Å². The first kappa shape index (κ1) is 21.9. The second-order valence-electron chi connectivity index (χ2n) is 7.85. The van der Waals surface area contributed by atoms with Gasteiger partial charge in [0.25, 0.3) is 6.57 Å². The first-order valence-corrected chi connectivity index (χ1v) is 12.7. The Morgan fingerprint density at radius 2 is 1.71 bits per heavy atom. The minimum absolute atomic E-state index is 0.0696. The van der Waals surface area contributed by atoms with Crippen molar-refractivity contribution in [1.29, 1.82) is 0 Å². The van der Waals surface area contributed by atoms with Gasteiger partial charge >= 0.3 is 0 Å². The van der Waals surface area contributed by atoms with Crippen LogP contribution in [0.5, 0.6) is 0 Å². The normalized spacial score (nSPS) is 17.5. The van der Waals surface area contributed by atoms with E-state index in [1.165, 1.54) is 29.7 Å². The van der Waals surface area contributed by atoms with Crippen LogP contribution in [0.25, 0.3) is 0 Å². The van der Waals surface area contributed by atoms with E-state index in [0.29, 0.717) is 5.92 Å². The van der Waals surface area contributed by atoms with Crippen molar-refractivity contribution in [2.75, 3.05) is 5.75 Å². The van der Waals surface area contributed by atoms with Crippen LogP contribution in [0.4, 0.5) is 0 Å². The Morgan fingerprint density at radius 1 is 1.14 bits per heavy atom. The van der Waals surface area contributed by atoms with Gasteiger partial charge in [-0.05, 0) is 48.4 Å². The zero-order chi connectivity index (χ0) is 16.7. The van der Waals surface area contributed by atoms with Crippen LogP contribution in [0, 0.1) is 11.3 Å². The van der Waals surface area contributed by atoms with Gasteiger partial charge in [-0.25, -0.2) is 0 Å². The highest BCUT2D eigenvalue weighted by Crippen LogP contribution is 2.71. The average molecular weight is 355 g/mol. The summed E-state index contributed by atoms with van der Waals surface area (Å²) >= 11 is 0. The zero-order valence-corrected chi connectivity index (χ0v) is 17.5. The molecular weight excluding hydrogens is 319 g/mol. The lowest BCUT2D eigenvalue weighted by atomic mass is 9.86. The molecule has 128 valence electrons. The lowest BCUT2D eigenvalue weighted by Gasteiger charge is -2.35. The van der Waals surface area contributed by atoms with Gasteiger partial charge in [0, 0.05) is 5.75 Å². The minimum atomic E-state index is -3.20. The maximum Gasteiger partial charge on any atom is 0.270 e. The molecule has 0 fully saturated rings. The fraction of sp³-hybridized carbons (Fsp3) is 1.00. The molecule has 1 N–H and O–H groups in total.